The number of aliphatic hydroxyl groups excluding tert-OH is 2. The molecule has 0 radical (unpaired) electrons. The first kappa shape index (κ1) is 88.4. The fourth-order valence-electron chi connectivity index (χ4n) is 7.29. The number of ether oxygens (including phenoxy) is 7. The summed E-state index contributed by atoms with van der Waals surface area (Å²) in [5, 5.41) is 46.1. The van der Waals surface area contributed by atoms with Gasteiger partial charge in [0.05, 0.1) is 38.4 Å². The Balaban J connectivity index is 0.000000429. The van der Waals surface area contributed by atoms with E-state index in [4.69, 9.17) is 78.5 Å². The lowest BCUT2D eigenvalue weighted by atomic mass is 10.2. The number of nitrogens with one attached hydrogen (secondary N) is 2. The molecule has 0 unspecified atom stereocenters. The highest BCUT2D eigenvalue weighted by Crippen LogP contribution is 2.23. The fourth-order valence-corrected chi connectivity index (χ4v) is 7.86. The Kier molecular flexibility index (Phi) is 36.1. The standard InChI is InChI=1S/C19H21ClN4O4.C14H13ClN4O2.C11H8ClN3O2.C10H18O5.C8H15NO3.C3H7NO.CH4.2ClH/c1-19(2,3)28-18(26)23-10-15(11-23)27-16(25)7-8-24-12-21-17(22-24)13-5-4-6-14(20)9-13;15-11-3-1-2-10(6-11)14-17-9-19(18-14)5-4-13(20)21-12-7-16-8-12;12-9-3-1-2-8(6-9)11-13-7-15(14-11)5-4-10(16)17;1-9(2,3)14-7(11)13-8(12)15-10(4,5)6;1-8(2,3)12-7(11)9-4-6(10)5-9;5-3-1-4-2-3;;;/h4-9,12,15H,10-11H2,1-3H3;1-6,9,12,16H,7-8H2;1-7H,(H,16,17);1-6H3;6,10H,4-5H2,1-3H3;3-5H,1-2H2;1H4;2*1H/b8-7-;2*5-4-;;;;;;. The maximum Gasteiger partial charge on any atom is 0.519 e. The Hall–Kier alpha value is -8.72. The molecular formula is C66H88Cl5N13O17. The average Bonchev–Trinajstić information content (AvgIpc) is 1.01. The number of carbonyl (C=O) groups is 7. The minimum absolute atomic E-state index is 0. The third kappa shape index (κ3) is 35.4. The van der Waals surface area contributed by atoms with Crippen molar-refractivity contribution in [2.24, 2.45) is 0 Å². The molecule has 0 saturated carbocycles. The Morgan fingerprint density at radius 1 is 0.475 bits per heavy atom. The van der Waals surface area contributed by atoms with E-state index in [2.05, 4.69) is 45.6 Å². The number of likely N-dealkylation sites (tertiary alicyclic amines) is 2. The van der Waals surface area contributed by atoms with Gasteiger partial charge in [-0.05, 0) is 119 Å². The van der Waals surface area contributed by atoms with Crippen LogP contribution in [0.15, 0.2) is 110 Å². The van der Waals surface area contributed by atoms with Gasteiger partial charge in [0.1, 0.15) is 53.6 Å². The molecule has 10 rings (SSSR count). The largest absolute Gasteiger partial charge is 0.519 e. The van der Waals surface area contributed by atoms with E-state index in [9.17, 15) is 33.6 Å². The number of benzene rings is 3. The van der Waals surface area contributed by atoms with Gasteiger partial charge in [-0.3, -0.25) is 0 Å². The first-order chi connectivity index (χ1) is 45.8. The molecule has 0 bridgehead atoms. The number of hydrogen-bond donors (Lipinski definition) is 5. The average molecular weight is 1510 g/mol. The predicted molar refractivity (Wildman–Crippen MR) is 383 cm³/mol. The molecule has 0 aliphatic carbocycles. The Morgan fingerprint density at radius 3 is 1.07 bits per heavy atom. The van der Waals surface area contributed by atoms with Crippen LogP contribution in [0.2, 0.25) is 15.1 Å². The molecule has 6 aromatic rings. The van der Waals surface area contributed by atoms with Gasteiger partial charge in [0, 0.05) is 94.8 Å². The first-order valence-corrected chi connectivity index (χ1v) is 31.5. The highest BCUT2D eigenvalue weighted by molar-refractivity contribution is 6.31. The van der Waals surface area contributed by atoms with Crippen molar-refractivity contribution >= 4 is 121 Å². The Morgan fingerprint density at radius 2 is 0.792 bits per heavy atom. The second-order valence-corrected chi connectivity index (χ2v) is 26.8. The summed E-state index contributed by atoms with van der Waals surface area (Å²) >= 11 is 17.7. The van der Waals surface area contributed by atoms with Crippen LogP contribution in [0.1, 0.15) is 90.5 Å². The zero-order chi connectivity index (χ0) is 72.5. The van der Waals surface area contributed by atoms with Crippen LogP contribution in [0.4, 0.5) is 19.2 Å². The molecule has 3 aromatic heterocycles. The number of β-amino-alcohol motifs (C(OH)–C–C–N with tert-alkyl or cyclic N) is 2. The number of aromatic nitrogens is 9. The molecule has 4 aliphatic rings. The molecule has 0 atom stereocenters. The van der Waals surface area contributed by atoms with E-state index in [1.807, 2.05) is 51.1 Å². The fraction of sp³-hybridized carbons (Fsp3) is 0.439. The van der Waals surface area contributed by atoms with Gasteiger partial charge in [-0.25, -0.2) is 62.6 Å². The van der Waals surface area contributed by atoms with Crippen molar-refractivity contribution in [3.05, 3.63) is 125 Å². The Labute approximate surface area is 613 Å². The van der Waals surface area contributed by atoms with Crippen LogP contribution in [0, 0.1) is 0 Å². The quantitative estimate of drug-likeness (QED) is 0.0348. The lowest BCUT2D eigenvalue weighted by Gasteiger charge is -2.38. The van der Waals surface area contributed by atoms with Crippen molar-refractivity contribution in [1.82, 2.24) is 64.7 Å². The second kappa shape index (κ2) is 41.3. The van der Waals surface area contributed by atoms with E-state index in [1.54, 1.807) is 105 Å². The van der Waals surface area contributed by atoms with Crippen molar-refractivity contribution in [1.29, 1.82) is 0 Å². The van der Waals surface area contributed by atoms with E-state index in [1.165, 1.54) is 73.6 Å². The van der Waals surface area contributed by atoms with Gasteiger partial charge in [-0.1, -0.05) is 78.6 Å². The number of aliphatic hydroxyl groups is 2. The molecule has 4 saturated heterocycles. The summed E-state index contributed by atoms with van der Waals surface area (Å²) in [5.41, 5.74) is -0.0178. The number of carbonyl (C=O) groups excluding carboxylic acids is 6. The number of nitrogens with zero attached hydrogens (tertiary/aromatic N) is 11. The lowest BCUT2D eigenvalue weighted by molar-refractivity contribution is -0.150. The molecule has 30 nitrogen and oxygen atoms in total. The molecule has 2 amide bonds. The number of carboxylic acid groups (broad SMARTS) is 1. The van der Waals surface area contributed by atoms with Crippen molar-refractivity contribution < 1.29 is 82.0 Å². The van der Waals surface area contributed by atoms with Crippen LogP contribution < -0.4 is 10.6 Å². The molecule has 4 aliphatic heterocycles. The number of rotatable bonds is 11. The molecule has 0 spiro atoms. The molecule has 4 fully saturated rings. The number of halogens is 5. The van der Waals surface area contributed by atoms with Gasteiger partial charge >= 0.3 is 42.4 Å². The smallest absolute Gasteiger partial charge is 0.478 e. The molecule has 7 heterocycles. The van der Waals surface area contributed by atoms with Gasteiger partial charge < -0.3 is 68.9 Å². The predicted octanol–water partition coefficient (Wildman–Crippen LogP) is 10.9. The van der Waals surface area contributed by atoms with Crippen molar-refractivity contribution in [2.75, 3.05) is 52.4 Å². The number of carboxylic acids is 1. The van der Waals surface area contributed by atoms with E-state index < -0.39 is 52.7 Å². The third-order valence-electron chi connectivity index (χ3n) is 11.9. The molecule has 101 heavy (non-hydrogen) atoms. The number of hydrogen-bond acceptors (Lipinski definition) is 24. The maximum atomic E-state index is 11.9. The van der Waals surface area contributed by atoms with E-state index in [0.717, 1.165) is 35.9 Å². The third-order valence-corrected chi connectivity index (χ3v) is 12.6. The van der Waals surface area contributed by atoms with Gasteiger partial charge in [0.2, 0.25) is 0 Å². The molecule has 554 valence electrons. The van der Waals surface area contributed by atoms with E-state index >= 15 is 0 Å². The minimum atomic E-state index is -1.06. The zero-order valence-electron chi connectivity index (χ0n) is 57.0. The summed E-state index contributed by atoms with van der Waals surface area (Å²) in [7, 11) is 0. The first-order valence-electron chi connectivity index (χ1n) is 30.4. The number of esters is 2. The number of amides is 2. The molecule has 5 N–H and O–H groups in total. The monoisotopic (exact) mass is 1510 g/mol. The van der Waals surface area contributed by atoms with Crippen LogP contribution >= 0.6 is 59.6 Å². The molecule has 3 aromatic carbocycles. The number of aliphatic carboxylic acids is 1. The van der Waals surface area contributed by atoms with Crippen molar-refractivity contribution in [3.63, 3.8) is 0 Å². The van der Waals surface area contributed by atoms with E-state index in [-0.39, 0.29) is 68.7 Å². The van der Waals surface area contributed by atoms with E-state index in [0.29, 0.717) is 71.8 Å². The van der Waals surface area contributed by atoms with Crippen molar-refractivity contribution in [3.8, 4) is 34.2 Å². The summed E-state index contributed by atoms with van der Waals surface area (Å²) in [5.74, 6) is -0.423. The van der Waals surface area contributed by atoms with Gasteiger partial charge in [0.25, 0.3) is 0 Å². The van der Waals surface area contributed by atoms with Crippen molar-refractivity contribution in [2.45, 2.75) is 137 Å². The van der Waals surface area contributed by atoms with Gasteiger partial charge in [-0.15, -0.1) is 40.1 Å². The highest BCUT2D eigenvalue weighted by Gasteiger charge is 2.36. The normalized spacial score (nSPS) is 14.3. The van der Waals surface area contributed by atoms with Crippen LogP contribution in [-0.2, 0) is 47.5 Å². The summed E-state index contributed by atoms with van der Waals surface area (Å²) < 4.78 is 38.7. The highest BCUT2D eigenvalue weighted by atomic mass is 35.5. The van der Waals surface area contributed by atoms with Crippen LogP contribution in [0.25, 0.3) is 52.8 Å². The van der Waals surface area contributed by atoms with Crippen LogP contribution in [0.3, 0.4) is 0 Å². The van der Waals surface area contributed by atoms with Gasteiger partial charge in [0.15, 0.2) is 17.5 Å². The SMILES string of the molecule is C.CC(C)(C)OC(=O)N1CC(O)C1.CC(C)(C)OC(=O)N1CC(OC(=O)/C=C\n2cnc(-c3cccc(Cl)c3)n2)C1.CC(C)(C)OC(=O)OC(=O)OC(C)(C)C.Cl.Cl.O=C(/C=C\n1cnc(-c2cccc(Cl)c2)n1)OC1CNC1.O=C(O)/C=C\n1cnc(-c2cccc(Cl)c2)n1.OC1CNC1. The van der Waals surface area contributed by atoms with Crippen LogP contribution in [-0.4, -0.2) is 211 Å². The maximum absolute atomic E-state index is 11.9. The summed E-state index contributed by atoms with van der Waals surface area (Å²) in [4.78, 5) is 94.2. The zero-order valence-corrected chi connectivity index (χ0v) is 60.9. The van der Waals surface area contributed by atoms with Crippen LogP contribution in [0.5, 0.6) is 0 Å². The topological polar surface area (TPSA) is 367 Å². The summed E-state index contributed by atoms with van der Waals surface area (Å²) in [6.07, 6.45) is 8.61. The molecule has 35 heteroatoms. The summed E-state index contributed by atoms with van der Waals surface area (Å²) in [6.45, 7) is 25.3. The molecular weight excluding hydrogens is 1420 g/mol. The minimum Gasteiger partial charge on any atom is -0.478 e. The Bertz CT molecular complexity index is 3700. The second-order valence-electron chi connectivity index (χ2n) is 25.5. The summed E-state index contributed by atoms with van der Waals surface area (Å²) in [6, 6.07) is 21.6. The lowest BCUT2D eigenvalue weighted by Crippen LogP contribution is -2.56. The van der Waals surface area contributed by atoms with Gasteiger partial charge in [-0.2, -0.15) is 0 Å².